The van der Waals surface area contributed by atoms with E-state index in [1.54, 1.807) is 7.05 Å². The average molecular weight is 258 g/mol. The van der Waals surface area contributed by atoms with Gasteiger partial charge in [0.05, 0.1) is 6.20 Å². The number of rotatable bonds is 4. The standard InChI is InChI=1S/C14H18N4O/c1-3-10-6-4-5-7-11(10)8-16-14(19)12-9-17-18(2)13(12)15/h4-7,9H,3,8,15H2,1-2H3,(H,16,19). The molecule has 0 atom stereocenters. The molecule has 1 aromatic carbocycles. The van der Waals surface area contributed by atoms with Crippen molar-refractivity contribution in [2.24, 2.45) is 7.05 Å². The molecule has 0 unspecified atom stereocenters. The third-order valence-corrected chi connectivity index (χ3v) is 3.17. The first-order valence-electron chi connectivity index (χ1n) is 6.26. The zero-order chi connectivity index (χ0) is 13.8. The first-order chi connectivity index (χ1) is 9.13. The molecule has 0 aliphatic heterocycles. The van der Waals surface area contributed by atoms with Gasteiger partial charge in [-0.2, -0.15) is 5.10 Å². The molecule has 0 saturated carbocycles. The van der Waals surface area contributed by atoms with E-state index >= 15 is 0 Å². The van der Waals surface area contributed by atoms with Gasteiger partial charge in [-0.25, -0.2) is 0 Å². The van der Waals surface area contributed by atoms with Crippen molar-refractivity contribution in [2.75, 3.05) is 5.73 Å². The van der Waals surface area contributed by atoms with Gasteiger partial charge in [-0.1, -0.05) is 31.2 Å². The van der Waals surface area contributed by atoms with Crippen LogP contribution in [0.4, 0.5) is 5.82 Å². The first-order valence-corrected chi connectivity index (χ1v) is 6.26. The fourth-order valence-electron chi connectivity index (χ4n) is 1.97. The van der Waals surface area contributed by atoms with Crippen molar-refractivity contribution >= 4 is 11.7 Å². The Hall–Kier alpha value is -2.30. The van der Waals surface area contributed by atoms with E-state index in [9.17, 15) is 4.79 Å². The second-order valence-corrected chi connectivity index (χ2v) is 4.37. The van der Waals surface area contributed by atoms with Crippen LogP contribution in [0.3, 0.4) is 0 Å². The number of nitrogens with one attached hydrogen (secondary N) is 1. The van der Waals surface area contributed by atoms with Gasteiger partial charge in [0, 0.05) is 13.6 Å². The minimum absolute atomic E-state index is 0.198. The Morgan fingerprint density at radius 1 is 1.37 bits per heavy atom. The van der Waals surface area contributed by atoms with Gasteiger partial charge in [0.1, 0.15) is 11.4 Å². The molecule has 1 aromatic heterocycles. The molecule has 0 saturated heterocycles. The van der Waals surface area contributed by atoms with Crippen molar-refractivity contribution in [1.29, 1.82) is 0 Å². The summed E-state index contributed by atoms with van der Waals surface area (Å²) >= 11 is 0. The summed E-state index contributed by atoms with van der Waals surface area (Å²) in [6, 6.07) is 8.06. The third-order valence-electron chi connectivity index (χ3n) is 3.17. The van der Waals surface area contributed by atoms with E-state index in [2.05, 4.69) is 23.4 Å². The SMILES string of the molecule is CCc1ccccc1CNC(=O)c1cnn(C)c1N. The molecule has 0 bridgehead atoms. The van der Waals surface area contributed by atoms with Crippen LogP contribution in [0.15, 0.2) is 30.5 Å². The van der Waals surface area contributed by atoms with E-state index in [0.29, 0.717) is 17.9 Å². The molecular formula is C14H18N4O. The summed E-state index contributed by atoms with van der Waals surface area (Å²) in [6.45, 7) is 2.59. The number of nitrogen functional groups attached to an aromatic ring is 1. The predicted octanol–water partition coefficient (Wildman–Crippen LogP) is 1.49. The molecule has 1 heterocycles. The van der Waals surface area contributed by atoms with E-state index < -0.39 is 0 Å². The summed E-state index contributed by atoms with van der Waals surface area (Å²) in [6.07, 6.45) is 2.43. The highest BCUT2D eigenvalue weighted by molar-refractivity contribution is 5.98. The van der Waals surface area contributed by atoms with Crippen LogP contribution in [0, 0.1) is 0 Å². The second kappa shape index (κ2) is 5.56. The zero-order valence-electron chi connectivity index (χ0n) is 11.2. The van der Waals surface area contributed by atoms with Gasteiger partial charge in [-0.05, 0) is 17.5 Å². The molecule has 0 spiro atoms. The number of aromatic nitrogens is 2. The van der Waals surface area contributed by atoms with E-state index in [4.69, 9.17) is 5.73 Å². The van der Waals surface area contributed by atoms with Crippen LogP contribution in [0.5, 0.6) is 0 Å². The van der Waals surface area contributed by atoms with Crippen LogP contribution in [-0.2, 0) is 20.0 Å². The molecule has 2 aromatic rings. The van der Waals surface area contributed by atoms with Crippen molar-refractivity contribution < 1.29 is 4.79 Å². The minimum Gasteiger partial charge on any atom is -0.383 e. The molecule has 19 heavy (non-hydrogen) atoms. The highest BCUT2D eigenvalue weighted by atomic mass is 16.1. The fourth-order valence-corrected chi connectivity index (χ4v) is 1.97. The number of amides is 1. The largest absolute Gasteiger partial charge is 0.383 e. The van der Waals surface area contributed by atoms with Crippen molar-refractivity contribution in [2.45, 2.75) is 19.9 Å². The van der Waals surface area contributed by atoms with Crippen molar-refractivity contribution in [3.8, 4) is 0 Å². The Labute approximate surface area is 112 Å². The lowest BCUT2D eigenvalue weighted by Crippen LogP contribution is -2.24. The van der Waals surface area contributed by atoms with Crippen molar-refractivity contribution in [3.63, 3.8) is 0 Å². The zero-order valence-corrected chi connectivity index (χ0v) is 11.2. The summed E-state index contributed by atoms with van der Waals surface area (Å²) in [7, 11) is 1.71. The van der Waals surface area contributed by atoms with Gasteiger partial charge in [0.2, 0.25) is 0 Å². The summed E-state index contributed by atoms with van der Waals surface area (Å²) in [5.74, 6) is 0.179. The maximum Gasteiger partial charge on any atom is 0.256 e. The van der Waals surface area contributed by atoms with Gasteiger partial charge in [-0.3, -0.25) is 9.48 Å². The lowest BCUT2D eigenvalue weighted by atomic mass is 10.1. The maximum absolute atomic E-state index is 12.0. The van der Waals surface area contributed by atoms with Gasteiger partial charge in [-0.15, -0.1) is 0 Å². The molecule has 3 N–H and O–H groups in total. The normalized spacial score (nSPS) is 10.4. The van der Waals surface area contributed by atoms with Crippen LogP contribution < -0.4 is 11.1 Å². The molecule has 100 valence electrons. The van der Waals surface area contributed by atoms with Gasteiger partial charge in [0.15, 0.2) is 0 Å². The molecule has 5 nitrogen and oxygen atoms in total. The number of carbonyl (C=O) groups is 1. The first kappa shape index (κ1) is 13.1. The summed E-state index contributed by atoms with van der Waals surface area (Å²) in [4.78, 5) is 12.0. The molecule has 2 rings (SSSR count). The minimum atomic E-state index is -0.198. The fraction of sp³-hybridized carbons (Fsp3) is 0.286. The van der Waals surface area contributed by atoms with E-state index in [1.165, 1.54) is 16.4 Å². The van der Waals surface area contributed by atoms with Gasteiger partial charge >= 0.3 is 0 Å². The molecular weight excluding hydrogens is 240 g/mol. The Bertz CT molecular complexity index is 589. The van der Waals surface area contributed by atoms with Crippen molar-refractivity contribution in [1.82, 2.24) is 15.1 Å². The molecule has 1 amide bonds. The molecule has 0 aliphatic carbocycles. The highest BCUT2D eigenvalue weighted by Gasteiger charge is 2.13. The molecule has 0 fully saturated rings. The quantitative estimate of drug-likeness (QED) is 0.872. The Kier molecular flexibility index (Phi) is 3.85. The lowest BCUT2D eigenvalue weighted by Gasteiger charge is -2.09. The maximum atomic E-state index is 12.0. The van der Waals surface area contributed by atoms with E-state index in [1.807, 2.05) is 18.2 Å². The number of benzene rings is 1. The second-order valence-electron chi connectivity index (χ2n) is 4.37. The van der Waals surface area contributed by atoms with Crippen LogP contribution in [0.2, 0.25) is 0 Å². The smallest absolute Gasteiger partial charge is 0.256 e. The van der Waals surface area contributed by atoms with Crippen LogP contribution in [-0.4, -0.2) is 15.7 Å². The van der Waals surface area contributed by atoms with Gasteiger partial charge in [0.25, 0.3) is 5.91 Å². The Balaban J connectivity index is 2.07. The van der Waals surface area contributed by atoms with Crippen LogP contribution in [0.1, 0.15) is 28.4 Å². The van der Waals surface area contributed by atoms with E-state index in [0.717, 1.165) is 12.0 Å². The van der Waals surface area contributed by atoms with Crippen LogP contribution in [0.25, 0.3) is 0 Å². The number of hydrogen-bond donors (Lipinski definition) is 2. The Morgan fingerprint density at radius 3 is 2.63 bits per heavy atom. The number of anilines is 1. The number of nitrogens with two attached hydrogens (primary N) is 1. The summed E-state index contributed by atoms with van der Waals surface area (Å²) in [5, 5.41) is 6.83. The summed E-state index contributed by atoms with van der Waals surface area (Å²) < 4.78 is 1.48. The van der Waals surface area contributed by atoms with Gasteiger partial charge < -0.3 is 11.1 Å². The Morgan fingerprint density at radius 2 is 2.05 bits per heavy atom. The monoisotopic (exact) mass is 258 g/mol. The number of carbonyl (C=O) groups excluding carboxylic acids is 1. The molecule has 5 heteroatoms. The highest BCUT2D eigenvalue weighted by Crippen LogP contribution is 2.11. The lowest BCUT2D eigenvalue weighted by molar-refractivity contribution is 0.0951. The van der Waals surface area contributed by atoms with E-state index in [-0.39, 0.29) is 5.91 Å². The number of hydrogen-bond acceptors (Lipinski definition) is 3. The van der Waals surface area contributed by atoms with Crippen molar-refractivity contribution in [3.05, 3.63) is 47.2 Å². The topological polar surface area (TPSA) is 72.9 Å². The molecule has 0 aliphatic rings. The average Bonchev–Trinajstić information content (AvgIpc) is 2.77. The molecule has 0 radical (unpaired) electrons. The number of nitrogens with zero attached hydrogens (tertiary/aromatic N) is 2. The number of aryl methyl sites for hydroxylation is 2. The third kappa shape index (κ3) is 2.76. The predicted molar refractivity (Wildman–Crippen MR) is 74.6 cm³/mol. The van der Waals surface area contributed by atoms with Crippen LogP contribution >= 0.6 is 0 Å². The summed E-state index contributed by atoms with van der Waals surface area (Å²) in [5.41, 5.74) is 8.55.